The molecule has 0 aromatic heterocycles. The molecule has 2 aromatic carbocycles. The second kappa shape index (κ2) is 12.9. The molecule has 0 unspecified atom stereocenters. The smallest absolute Gasteiger partial charge is 0.333 e. The monoisotopic (exact) mass is 470 g/mol. The molecule has 0 saturated carbocycles. The predicted octanol–water partition coefficient (Wildman–Crippen LogP) is 5.34. The Hall–Kier alpha value is -2.77. The van der Waals surface area contributed by atoms with Crippen LogP contribution in [-0.4, -0.2) is 42.4 Å². The highest BCUT2D eigenvalue weighted by atomic mass is 32.2. The van der Waals surface area contributed by atoms with Crippen molar-refractivity contribution in [2.45, 2.75) is 23.6 Å². The van der Waals surface area contributed by atoms with E-state index in [1.54, 1.807) is 32.0 Å². The minimum absolute atomic E-state index is 0.0704. The lowest BCUT2D eigenvalue weighted by molar-refractivity contribution is -0.139. The maximum absolute atomic E-state index is 13.0. The van der Waals surface area contributed by atoms with Crippen LogP contribution in [0.4, 0.5) is 0 Å². The highest BCUT2D eigenvalue weighted by molar-refractivity contribution is 8.00. The van der Waals surface area contributed by atoms with Crippen LogP contribution < -0.4 is 0 Å². The summed E-state index contributed by atoms with van der Waals surface area (Å²) in [5.74, 6) is 0.165. The van der Waals surface area contributed by atoms with E-state index in [9.17, 15) is 14.4 Å². The van der Waals surface area contributed by atoms with Gasteiger partial charge in [0.05, 0.1) is 0 Å². The van der Waals surface area contributed by atoms with Gasteiger partial charge < -0.3 is 9.47 Å². The first kappa shape index (κ1) is 25.5. The number of ether oxygens (including phenoxy) is 2. The SMILES string of the molecule is C=C(C)C(=O)OCCSc1ccc(C(=O)c2ccccc2)c(SCCOC(=O)C(=C)C)c1. The van der Waals surface area contributed by atoms with Gasteiger partial charge in [0.2, 0.25) is 0 Å². The molecule has 0 spiro atoms. The third-order valence-corrected chi connectivity index (χ3v) is 6.07. The van der Waals surface area contributed by atoms with Gasteiger partial charge in [-0.25, -0.2) is 9.59 Å². The molecule has 0 amide bonds. The van der Waals surface area contributed by atoms with Crippen LogP contribution in [0.2, 0.25) is 0 Å². The van der Waals surface area contributed by atoms with E-state index >= 15 is 0 Å². The summed E-state index contributed by atoms with van der Waals surface area (Å²) in [6.07, 6.45) is 0. The highest BCUT2D eigenvalue weighted by Crippen LogP contribution is 2.30. The minimum Gasteiger partial charge on any atom is -0.461 e. The molecule has 7 heteroatoms. The number of hydrogen-bond donors (Lipinski definition) is 0. The Morgan fingerprint density at radius 2 is 1.38 bits per heavy atom. The topological polar surface area (TPSA) is 69.7 Å². The molecule has 0 atom stereocenters. The average molecular weight is 471 g/mol. The quantitative estimate of drug-likeness (QED) is 0.136. The fourth-order valence-electron chi connectivity index (χ4n) is 2.47. The first-order chi connectivity index (χ1) is 15.3. The number of hydrogen-bond acceptors (Lipinski definition) is 7. The van der Waals surface area contributed by atoms with Crippen LogP contribution in [0.15, 0.2) is 82.6 Å². The van der Waals surface area contributed by atoms with Crippen LogP contribution in [0.5, 0.6) is 0 Å². The molecule has 0 N–H and O–H groups in total. The molecular weight excluding hydrogens is 444 g/mol. The summed E-state index contributed by atoms with van der Waals surface area (Å²) < 4.78 is 10.3. The van der Waals surface area contributed by atoms with Gasteiger partial charge in [0, 0.05) is 43.6 Å². The molecule has 32 heavy (non-hydrogen) atoms. The minimum atomic E-state index is -0.431. The number of rotatable bonds is 12. The van der Waals surface area contributed by atoms with Gasteiger partial charge in [-0.2, -0.15) is 0 Å². The molecule has 168 valence electrons. The van der Waals surface area contributed by atoms with E-state index in [-0.39, 0.29) is 19.0 Å². The second-order valence-corrected chi connectivity index (χ2v) is 9.19. The lowest BCUT2D eigenvalue weighted by Crippen LogP contribution is -2.08. The number of carbonyl (C=O) groups excluding carboxylic acids is 3. The zero-order valence-corrected chi connectivity index (χ0v) is 19.9. The average Bonchev–Trinajstić information content (AvgIpc) is 2.79. The molecule has 2 rings (SSSR count). The first-order valence-electron chi connectivity index (χ1n) is 9.94. The maximum Gasteiger partial charge on any atom is 0.333 e. The van der Waals surface area contributed by atoms with Crippen molar-refractivity contribution in [3.05, 3.63) is 84.0 Å². The van der Waals surface area contributed by atoms with Crippen molar-refractivity contribution in [1.29, 1.82) is 0 Å². The van der Waals surface area contributed by atoms with Crippen molar-refractivity contribution in [1.82, 2.24) is 0 Å². The van der Waals surface area contributed by atoms with Crippen molar-refractivity contribution in [3.63, 3.8) is 0 Å². The fourth-order valence-corrected chi connectivity index (χ4v) is 4.23. The van der Waals surface area contributed by atoms with Crippen molar-refractivity contribution in [2.24, 2.45) is 0 Å². The lowest BCUT2D eigenvalue weighted by atomic mass is 10.0. The Labute approximate surface area is 197 Å². The van der Waals surface area contributed by atoms with Crippen molar-refractivity contribution in [3.8, 4) is 0 Å². The Kier molecular flexibility index (Phi) is 10.3. The van der Waals surface area contributed by atoms with E-state index in [0.29, 0.717) is 33.8 Å². The molecule has 0 radical (unpaired) electrons. The molecule has 0 saturated heterocycles. The Morgan fingerprint density at radius 1 is 0.812 bits per heavy atom. The van der Waals surface area contributed by atoms with E-state index in [4.69, 9.17) is 9.47 Å². The van der Waals surface area contributed by atoms with Gasteiger partial charge in [-0.3, -0.25) is 4.79 Å². The van der Waals surface area contributed by atoms with Crippen molar-refractivity contribution >= 4 is 41.2 Å². The van der Waals surface area contributed by atoms with Crippen LogP contribution in [0.1, 0.15) is 29.8 Å². The molecule has 0 heterocycles. The molecule has 0 aliphatic heterocycles. The maximum atomic E-state index is 13.0. The van der Waals surface area contributed by atoms with E-state index in [0.717, 1.165) is 9.79 Å². The number of carbonyl (C=O) groups is 3. The summed E-state index contributed by atoms with van der Waals surface area (Å²) in [5, 5.41) is 0. The van der Waals surface area contributed by atoms with E-state index in [2.05, 4.69) is 13.2 Å². The van der Waals surface area contributed by atoms with Gasteiger partial charge in [0.15, 0.2) is 5.78 Å². The van der Waals surface area contributed by atoms with Crippen LogP contribution in [0, 0.1) is 0 Å². The first-order valence-corrected chi connectivity index (χ1v) is 11.9. The molecular formula is C25H26O5S2. The summed E-state index contributed by atoms with van der Waals surface area (Å²) in [7, 11) is 0. The predicted molar refractivity (Wildman–Crippen MR) is 129 cm³/mol. The largest absolute Gasteiger partial charge is 0.461 e. The summed E-state index contributed by atoms with van der Waals surface area (Å²) in [6, 6.07) is 14.7. The van der Waals surface area contributed by atoms with Crippen LogP contribution in [-0.2, 0) is 19.1 Å². The third kappa shape index (κ3) is 8.05. The van der Waals surface area contributed by atoms with Crippen LogP contribution in [0.25, 0.3) is 0 Å². The zero-order valence-electron chi connectivity index (χ0n) is 18.2. The van der Waals surface area contributed by atoms with Crippen LogP contribution >= 0.6 is 23.5 Å². The van der Waals surface area contributed by atoms with Gasteiger partial charge in [0.25, 0.3) is 0 Å². The fraction of sp³-hybridized carbons (Fsp3) is 0.240. The third-order valence-electron chi connectivity index (χ3n) is 4.09. The molecule has 0 aliphatic carbocycles. The van der Waals surface area contributed by atoms with Gasteiger partial charge in [0.1, 0.15) is 13.2 Å². The second-order valence-electron chi connectivity index (χ2n) is 6.88. The summed E-state index contributed by atoms with van der Waals surface area (Å²) in [6.45, 7) is 10.8. The van der Waals surface area contributed by atoms with Gasteiger partial charge in [-0.15, -0.1) is 23.5 Å². The van der Waals surface area contributed by atoms with Gasteiger partial charge in [-0.05, 0) is 32.0 Å². The summed E-state index contributed by atoms with van der Waals surface area (Å²) in [5.41, 5.74) is 1.91. The number of thioether (sulfide) groups is 2. The Morgan fingerprint density at radius 3 is 1.94 bits per heavy atom. The van der Waals surface area contributed by atoms with E-state index in [1.165, 1.54) is 23.5 Å². The van der Waals surface area contributed by atoms with Gasteiger partial charge >= 0.3 is 11.9 Å². The Bertz CT molecular complexity index is 999. The standard InChI is InChI=1S/C25H26O5S2/c1-17(2)24(27)29-12-14-31-20-10-11-21(23(26)19-8-6-5-7-9-19)22(16-20)32-15-13-30-25(28)18(3)4/h5-11,16H,1,3,12-15H2,2,4H3. The van der Waals surface area contributed by atoms with Crippen molar-refractivity contribution in [2.75, 3.05) is 24.7 Å². The number of esters is 2. The molecule has 5 nitrogen and oxygen atoms in total. The van der Waals surface area contributed by atoms with Crippen LogP contribution in [0.3, 0.4) is 0 Å². The highest BCUT2D eigenvalue weighted by Gasteiger charge is 2.15. The van der Waals surface area contributed by atoms with Gasteiger partial charge in [-0.1, -0.05) is 43.5 Å². The molecule has 0 fully saturated rings. The normalized spacial score (nSPS) is 10.3. The molecule has 0 aliphatic rings. The molecule has 0 bridgehead atoms. The van der Waals surface area contributed by atoms with E-state index < -0.39 is 11.9 Å². The summed E-state index contributed by atoms with van der Waals surface area (Å²) in [4.78, 5) is 37.8. The van der Waals surface area contributed by atoms with Crippen molar-refractivity contribution < 1.29 is 23.9 Å². The number of benzene rings is 2. The molecule has 2 aromatic rings. The van der Waals surface area contributed by atoms with E-state index in [1.807, 2.05) is 30.3 Å². The zero-order chi connectivity index (χ0) is 23.5. The summed E-state index contributed by atoms with van der Waals surface area (Å²) >= 11 is 2.97. The number of ketones is 1. The Balaban J connectivity index is 2.09. The lowest BCUT2D eigenvalue weighted by Gasteiger charge is -2.12.